The second-order valence-electron chi connectivity index (χ2n) is 6.45. The molecule has 0 bridgehead atoms. The van der Waals surface area contributed by atoms with Crippen molar-refractivity contribution >= 4 is 22.0 Å². The molecule has 1 N–H and O–H groups in total. The molecule has 1 aromatic carbocycles. The zero-order valence-corrected chi connectivity index (χ0v) is 16.4. The minimum atomic E-state index is -3.58. The molecule has 1 aliphatic heterocycles. The SMILES string of the molecule is COC(=O)NC(=O)CN1CCN(S(=O)(=O)c2c(C)cc(C)cc2C)CC1. The number of imide groups is 1. The van der Waals surface area contributed by atoms with Gasteiger partial charge in [0.25, 0.3) is 0 Å². The van der Waals surface area contributed by atoms with Gasteiger partial charge in [-0.25, -0.2) is 13.2 Å². The van der Waals surface area contributed by atoms with Gasteiger partial charge < -0.3 is 4.74 Å². The van der Waals surface area contributed by atoms with Gasteiger partial charge in [0.2, 0.25) is 15.9 Å². The van der Waals surface area contributed by atoms with Gasteiger partial charge in [0.1, 0.15) is 0 Å². The summed E-state index contributed by atoms with van der Waals surface area (Å²) in [4.78, 5) is 24.9. The Hall–Kier alpha value is -1.97. The second-order valence-corrected chi connectivity index (χ2v) is 8.32. The van der Waals surface area contributed by atoms with Crippen LogP contribution in [0.15, 0.2) is 17.0 Å². The van der Waals surface area contributed by atoms with Gasteiger partial charge in [-0.2, -0.15) is 4.31 Å². The van der Waals surface area contributed by atoms with E-state index in [9.17, 15) is 18.0 Å². The molecular weight excluding hydrogens is 358 g/mol. The van der Waals surface area contributed by atoms with Crippen LogP contribution in [-0.2, 0) is 19.6 Å². The first-order valence-electron chi connectivity index (χ1n) is 8.33. The largest absolute Gasteiger partial charge is 0.453 e. The highest BCUT2D eigenvalue weighted by molar-refractivity contribution is 7.89. The standard InChI is InChI=1S/C17H25N3O5S/c1-12-9-13(2)16(14(3)10-12)26(23,24)20-7-5-19(6-8-20)11-15(21)18-17(22)25-4/h9-10H,5-8,11H2,1-4H3,(H,18,21,22). The molecule has 1 aromatic rings. The summed E-state index contributed by atoms with van der Waals surface area (Å²) in [6.07, 6.45) is -0.804. The van der Waals surface area contributed by atoms with Crippen molar-refractivity contribution < 1.29 is 22.7 Å². The summed E-state index contributed by atoms with van der Waals surface area (Å²) in [5.41, 5.74) is 2.50. The maximum atomic E-state index is 13.0. The van der Waals surface area contributed by atoms with Crippen molar-refractivity contribution in [3.05, 3.63) is 28.8 Å². The molecule has 1 fully saturated rings. The molecule has 0 atom stereocenters. The van der Waals surface area contributed by atoms with E-state index >= 15 is 0 Å². The highest BCUT2D eigenvalue weighted by Gasteiger charge is 2.31. The van der Waals surface area contributed by atoms with E-state index in [0.717, 1.165) is 16.7 Å². The first-order valence-corrected chi connectivity index (χ1v) is 9.77. The summed E-state index contributed by atoms with van der Waals surface area (Å²) in [6.45, 7) is 6.98. The number of rotatable bonds is 4. The smallest absolute Gasteiger partial charge is 0.413 e. The van der Waals surface area contributed by atoms with Crippen LogP contribution >= 0.6 is 0 Å². The summed E-state index contributed by atoms with van der Waals surface area (Å²) < 4.78 is 31.9. The van der Waals surface area contributed by atoms with Gasteiger partial charge in [0.15, 0.2) is 0 Å². The fraction of sp³-hybridized carbons (Fsp3) is 0.529. The molecule has 9 heteroatoms. The van der Waals surface area contributed by atoms with Crippen molar-refractivity contribution in [3.8, 4) is 0 Å². The lowest BCUT2D eigenvalue weighted by molar-refractivity contribution is -0.121. The van der Waals surface area contributed by atoms with Crippen molar-refractivity contribution in [2.24, 2.45) is 0 Å². The van der Waals surface area contributed by atoms with Crippen LogP contribution in [-0.4, -0.2) is 69.5 Å². The predicted molar refractivity (Wildman–Crippen MR) is 96.4 cm³/mol. The van der Waals surface area contributed by atoms with Crippen LogP contribution in [0.25, 0.3) is 0 Å². The van der Waals surface area contributed by atoms with Gasteiger partial charge in [-0.3, -0.25) is 15.0 Å². The monoisotopic (exact) mass is 383 g/mol. The molecule has 0 radical (unpaired) electrons. The lowest BCUT2D eigenvalue weighted by atomic mass is 10.1. The van der Waals surface area contributed by atoms with E-state index in [1.807, 2.05) is 19.1 Å². The number of ether oxygens (including phenoxy) is 1. The quantitative estimate of drug-likeness (QED) is 0.826. The molecule has 2 rings (SSSR count). The number of aryl methyl sites for hydroxylation is 3. The zero-order chi connectivity index (χ0) is 19.5. The number of piperazine rings is 1. The van der Waals surface area contributed by atoms with Crippen molar-refractivity contribution in [3.63, 3.8) is 0 Å². The van der Waals surface area contributed by atoms with Gasteiger partial charge in [0.05, 0.1) is 18.6 Å². The summed E-state index contributed by atoms with van der Waals surface area (Å²) >= 11 is 0. The third-order valence-corrected chi connectivity index (χ3v) is 6.53. The number of benzene rings is 1. The minimum Gasteiger partial charge on any atom is -0.453 e. The topological polar surface area (TPSA) is 96.0 Å². The van der Waals surface area contributed by atoms with Crippen LogP contribution in [0.2, 0.25) is 0 Å². The number of nitrogens with zero attached hydrogens (tertiary/aromatic N) is 2. The van der Waals surface area contributed by atoms with Gasteiger partial charge >= 0.3 is 6.09 Å². The van der Waals surface area contributed by atoms with Crippen LogP contribution in [0.3, 0.4) is 0 Å². The molecule has 26 heavy (non-hydrogen) atoms. The van der Waals surface area contributed by atoms with Crippen molar-refractivity contribution in [2.75, 3.05) is 39.8 Å². The third-order valence-electron chi connectivity index (χ3n) is 4.33. The third kappa shape index (κ3) is 4.60. The maximum absolute atomic E-state index is 13.0. The molecular formula is C17H25N3O5S. The Morgan fingerprint density at radius 1 is 1.08 bits per heavy atom. The van der Waals surface area contributed by atoms with E-state index in [-0.39, 0.29) is 6.54 Å². The Labute approximate surface area is 154 Å². The average molecular weight is 383 g/mol. The van der Waals surface area contributed by atoms with Crippen molar-refractivity contribution in [2.45, 2.75) is 25.7 Å². The number of carbonyl (C=O) groups is 2. The molecule has 0 unspecified atom stereocenters. The fourth-order valence-electron chi connectivity index (χ4n) is 3.24. The lowest BCUT2D eigenvalue weighted by Crippen LogP contribution is -2.51. The van der Waals surface area contributed by atoms with Gasteiger partial charge in [-0.15, -0.1) is 0 Å². The molecule has 0 saturated carbocycles. The Bertz CT molecular complexity index is 776. The molecule has 8 nitrogen and oxygen atoms in total. The fourth-order valence-corrected chi connectivity index (χ4v) is 5.07. The summed E-state index contributed by atoms with van der Waals surface area (Å²) in [6, 6.07) is 3.74. The number of methoxy groups -OCH3 is 1. The Kier molecular flexibility index (Phi) is 6.38. The summed E-state index contributed by atoms with van der Waals surface area (Å²) in [7, 11) is -2.40. The Morgan fingerprint density at radius 2 is 1.62 bits per heavy atom. The van der Waals surface area contributed by atoms with E-state index in [4.69, 9.17) is 0 Å². The van der Waals surface area contributed by atoms with E-state index in [2.05, 4.69) is 10.1 Å². The molecule has 144 valence electrons. The van der Waals surface area contributed by atoms with Crippen LogP contribution in [0.5, 0.6) is 0 Å². The van der Waals surface area contributed by atoms with Crippen molar-refractivity contribution in [1.82, 2.24) is 14.5 Å². The van der Waals surface area contributed by atoms with Gasteiger partial charge in [-0.1, -0.05) is 17.7 Å². The molecule has 0 aliphatic carbocycles. The second kappa shape index (κ2) is 8.15. The van der Waals surface area contributed by atoms with Crippen LogP contribution in [0, 0.1) is 20.8 Å². The van der Waals surface area contributed by atoms with Crippen LogP contribution < -0.4 is 5.32 Å². The Balaban J connectivity index is 2.03. The highest BCUT2D eigenvalue weighted by Crippen LogP contribution is 2.25. The number of hydrogen-bond acceptors (Lipinski definition) is 6. The molecule has 1 heterocycles. The number of nitrogens with one attached hydrogen (secondary N) is 1. The molecule has 2 amide bonds. The first kappa shape index (κ1) is 20.3. The number of carbonyl (C=O) groups excluding carboxylic acids is 2. The minimum absolute atomic E-state index is 0.0194. The molecule has 0 aromatic heterocycles. The van der Waals surface area contributed by atoms with E-state index in [0.29, 0.717) is 31.1 Å². The van der Waals surface area contributed by atoms with Crippen molar-refractivity contribution in [1.29, 1.82) is 0 Å². The zero-order valence-electron chi connectivity index (χ0n) is 15.5. The lowest BCUT2D eigenvalue weighted by Gasteiger charge is -2.34. The number of hydrogen-bond donors (Lipinski definition) is 1. The maximum Gasteiger partial charge on any atom is 0.413 e. The normalized spacial score (nSPS) is 16.3. The van der Waals surface area contributed by atoms with Crippen LogP contribution in [0.1, 0.15) is 16.7 Å². The number of sulfonamides is 1. The van der Waals surface area contributed by atoms with E-state index in [1.165, 1.54) is 11.4 Å². The highest BCUT2D eigenvalue weighted by atomic mass is 32.2. The summed E-state index contributed by atoms with van der Waals surface area (Å²) in [5.74, 6) is -0.474. The number of alkyl carbamates (subject to hydrolysis) is 1. The average Bonchev–Trinajstić information content (AvgIpc) is 2.53. The number of amides is 2. The van der Waals surface area contributed by atoms with Crippen LogP contribution in [0.4, 0.5) is 4.79 Å². The van der Waals surface area contributed by atoms with E-state index in [1.54, 1.807) is 18.7 Å². The predicted octanol–water partition coefficient (Wildman–Crippen LogP) is 0.801. The summed E-state index contributed by atoms with van der Waals surface area (Å²) in [5, 5.41) is 2.09. The molecule has 1 saturated heterocycles. The molecule has 0 spiro atoms. The van der Waals surface area contributed by atoms with E-state index < -0.39 is 22.0 Å². The Morgan fingerprint density at radius 3 is 2.12 bits per heavy atom. The van der Waals surface area contributed by atoms with Gasteiger partial charge in [-0.05, 0) is 31.9 Å². The molecule has 1 aliphatic rings. The van der Waals surface area contributed by atoms with Gasteiger partial charge in [0, 0.05) is 26.2 Å². The first-order chi connectivity index (χ1) is 12.1.